The lowest BCUT2D eigenvalue weighted by molar-refractivity contribution is 0.351. The molecule has 0 bridgehead atoms. The molecule has 0 aliphatic carbocycles. The van der Waals surface area contributed by atoms with Crippen LogP contribution in [0.2, 0.25) is 0 Å². The highest BCUT2D eigenvalue weighted by atomic mass is 19.2. The third kappa shape index (κ3) is 3.08. The minimum Gasteiger partial charge on any atom is -0.364 e. The summed E-state index contributed by atoms with van der Waals surface area (Å²) in [5.74, 6) is -3.11. The number of piperazine rings is 1. The maximum Gasteiger partial charge on any atom is 0.196 e. The van der Waals surface area contributed by atoms with Crippen LogP contribution in [0.25, 0.3) is 0 Å². The predicted octanol–water partition coefficient (Wildman–Crippen LogP) is 3.32. The third-order valence-corrected chi connectivity index (χ3v) is 3.73. The van der Waals surface area contributed by atoms with Crippen LogP contribution in [0.15, 0.2) is 12.1 Å². The Hall–Kier alpha value is -1.23. The van der Waals surface area contributed by atoms with Gasteiger partial charge in [-0.15, -0.1) is 0 Å². The highest BCUT2D eigenvalue weighted by Crippen LogP contribution is 2.27. The fraction of sp³-hybridized carbons (Fsp3) is 0.600. The summed E-state index contributed by atoms with van der Waals surface area (Å²) in [6.07, 6.45) is 0.967. The molecule has 1 saturated heterocycles. The first-order valence-electron chi connectivity index (χ1n) is 7.03. The molecule has 5 heteroatoms. The molecule has 0 radical (unpaired) electrons. The first-order chi connectivity index (χ1) is 9.40. The van der Waals surface area contributed by atoms with Gasteiger partial charge in [0.25, 0.3) is 0 Å². The van der Waals surface area contributed by atoms with Crippen molar-refractivity contribution < 1.29 is 13.2 Å². The molecule has 2 nitrogen and oxygen atoms in total. The van der Waals surface area contributed by atoms with Gasteiger partial charge in [-0.2, -0.15) is 0 Å². The molecule has 0 amide bonds. The van der Waals surface area contributed by atoms with Crippen LogP contribution in [-0.2, 0) is 0 Å². The zero-order valence-corrected chi connectivity index (χ0v) is 12.1. The van der Waals surface area contributed by atoms with Crippen LogP contribution < -0.4 is 10.2 Å². The van der Waals surface area contributed by atoms with E-state index in [1.807, 2.05) is 11.8 Å². The normalized spacial score (nSPS) is 23.4. The molecule has 112 valence electrons. The molecule has 2 unspecified atom stereocenters. The number of hydrogen-bond donors (Lipinski definition) is 1. The Morgan fingerprint density at radius 3 is 2.60 bits per heavy atom. The first kappa shape index (κ1) is 15.2. The summed E-state index contributed by atoms with van der Waals surface area (Å²) >= 11 is 0. The van der Waals surface area contributed by atoms with Gasteiger partial charge in [0, 0.05) is 25.2 Å². The Morgan fingerprint density at radius 1 is 1.25 bits per heavy atom. The Bertz CT molecular complexity index is 476. The van der Waals surface area contributed by atoms with Crippen molar-refractivity contribution in [1.82, 2.24) is 5.32 Å². The lowest BCUT2D eigenvalue weighted by Gasteiger charge is -2.41. The van der Waals surface area contributed by atoms with E-state index >= 15 is 0 Å². The fourth-order valence-corrected chi connectivity index (χ4v) is 2.73. The Labute approximate surface area is 118 Å². The molecule has 0 saturated carbocycles. The lowest BCUT2D eigenvalue weighted by Crippen LogP contribution is -2.56. The van der Waals surface area contributed by atoms with E-state index in [0.29, 0.717) is 19.0 Å². The van der Waals surface area contributed by atoms with Gasteiger partial charge in [0.1, 0.15) is 0 Å². The van der Waals surface area contributed by atoms with Crippen LogP contribution in [0, 0.1) is 23.4 Å². The second kappa shape index (κ2) is 6.04. The number of nitrogens with zero attached hydrogens (tertiary/aromatic N) is 1. The average molecular weight is 286 g/mol. The van der Waals surface area contributed by atoms with Crippen molar-refractivity contribution in [3.05, 3.63) is 29.6 Å². The van der Waals surface area contributed by atoms with Gasteiger partial charge in [0.15, 0.2) is 17.5 Å². The minimum atomic E-state index is -1.39. The van der Waals surface area contributed by atoms with E-state index in [-0.39, 0.29) is 17.8 Å². The van der Waals surface area contributed by atoms with Crippen LogP contribution in [-0.4, -0.2) is 25.2 Å². The highest BCUT2D eigenvalue weighted by molar-refractivity contribution is 5.50. The molecule has 1 fully saturated rings. The molecule has 1 N–H and O–H groups in total. The summed E-state index contributed by atoms with van der Waals surface area (Å²) < 4.78 is 40.3. The summed E-state index contributed by atoms with van der Waals surface area (Å²) in [7, 11) is 0. The van der Waals surface area contributed by atoms with Crippen molar-refractivity contribution >= 4 is 5.69 Å². The third-order valence-electron chi connectivity index (χ3n) is 3.73. The van der Waals surface area contributed by atoms with Crippen molar-refractivity contribution in [2.45, 2.75) is 39.3 Å². The van der Waals surface area contributed by atoms with Crippen molar-refractivity contribution in [3.8, 4) is 0 Å². The van der Waals surface area contributed by atoms with E-state index in [4.69, 9.17) is 0 Å². The van der Waals surface area contributed by atoms with Crippen LogP contribution >= 0.6 is 0 Å². The van der Waals surface area contributed by atoms with E-state index in [9.17, 15) is 13.2 Å². The fourth-order valence-electron chi connectivity index (χ4n) is 2.73. The monoisotopic (exact) mass is 286 g/mol. The van der Waals surface area contributed by atoms with Gasteiger partial charge in [-0.3, -0.25) is 0 Å². The zero-order valence-electron chi connectivity index (χ0n) is 12.1. The van der Waals surface area contributed by atoms with Gasteiger partial charge in [-0.05, 0) is 31.4 Å². The van der Waals surface area contributed by atoms with Gasteiger partial charge < -0.3 is 10.2 Å². The van der Waals surface area contributed by atoms with Crippen LogP contribution in [0.4, 0.5) is 18.9 Å². The van der Waals surface area contributed by atoms with Crippen LogP contribution in [0.1, 0.15) is 27.2 Å². The maximum absolute atomic E-state index is 13.9. The summed E-state index contributed by atoms with van der Waals surface area (Å²) in [4.78, 5) is 1.82. The van der Waals surface area contributed by atoms with Crippen molar-refractivity contribution in [1.29, 1.82) is 0 Å². The van der Waals surface area contributed by atoms with Crippen molar-refractivity contribution in [3.63, 3.8) is 0 Å². The number of hydrogen-bond acceptors (Lipinski definition) is 2. The Morgan fingerprint density at radius 2 is 1.95 bits per heavy atom. The summed E-state index contributed by atoms with van der Waals surface area (Å²) in [6.45, 7) is 7.50. The van der Waals surface area contributed by atoms with Gasteiger partial charge in [-0.25, -0.2) is 13.2 Å². The van der Waals surface area contributed by atoms with E-state index in [2.05, 4.69) is 19.2 Å². The predicted molar refractivity (Wildman–Crippen MR) is 74.4 cm³/mol. The molecule has 1 aliphatic heterocycles. The van der Waals surface area contributed by atoms with Gasteiger partial charge >= 0.3 is 0 Å². The van der Waals surface area contributed by atoms with Gasteiger partial charge in [-0.1, -0.05) is 13.8 Å². The number of nitrogens with one attached hydrogen (secondary N) is 1. The van der Waals surface area contributed by atoms with Crippen LogP contribution in [0.3, 0.4) is 0 Å². The topological polar surface area (TPSA) is 15.3 Å². The summed E-state index contributed by atoms with van der Waals surface area (Å²) in [5, 5.41) is 3.41. The summed E-state index contributed by atoms with van der Waals surface area (Å²) in [6, 6.07) is 2.58. The molecule has 2 atom stereocenters. The van der Waals surface area contributed by atoms with Crippen molar-refractivity contribution in [2.75, 3.05) is 18.0 Å². The highest BCUT2D eigenvalue weighted by Gasteiger charge is 2.28. The molecule has 1 heterocycles. The second-order valence-corrected chi connectivity index (χ2v) is 5.93. The average Bonchev–Trinajstić information content (AvgIpc) is 2.38. The van der Waals surface area contributed by atoms with Gasteiger partial charge in [0.05, 0.1) is 5.69 Å². The quantitative estimate of drug-likeness (QED) is 0.858. The SMILES string of the molecule is CC(C)CC1CN(c2ccc(F)c(F)c2F)C(C)CN1. The molecular formula is C15H21F3N2. The number of halogens is 3. The molecule has 1 aromatic carbocycles. The molecular weight excluding hydrogens is 265 g/mol. The number of anilines is 1. The Kier molecular flexibility index (Phi) is 4.58. The van der Waals surface area contributed by atoms with E-state index in [0.717, 1.165) is 12.5 Å². The van der Waals surface area contributed by atoms with E-state index in [1.54, 1.807) is 0 Å². The standard InChI is InChI=1S/C15H21F3N2/c1-9(2)6-11-8-20(10(3)7-19-11)13-5-4-12(16)14(17)15(13)18/h4-5,9-11,19H,6-8H2,1-3H3. The second-order valence-electron chi connectivity index (χ2n) is 5.93. The van der Waals surface area contributed by atoms with Crippen molar-refractivity contribution in [2.24, 2.45) is 5.92 Å². The van der Waals surface area contributed by atoms with Crippen LogP contribution in [0.5, 0.6) is 0 Å². The lowest BCUT2D eigenvalue weighted by atomic mass is 9.99. The summed E-state index contributed by atoms with van der Waals surface area (Å²) in [5.41, 5.74) is 0.145. The first-order valence-corrected chi connectivity index (χ1v) is 7.03. The zero-order chi connectivity index (χ0) is 14.9. The smallest absolute Gasteiger partial charge is 0.196 e. The number of rotatable bonds is 3. The molecule has 0 aromatic heterocycles. The maximum atomic E-state index is 13.9. The molecule has 20 heavy (non-hydrogen) atoms. The van der Waals surface area contributed by atoms with E-state index in [1.165, 1.54) is 6.07 Å². The molecule has 1 aromatic rings. The molecule has 0 spiro atoms. The molecule has 2 rings (SSSR count). The van der Waals surface area contributed by atoms with E-state index < -0.39 is 17.5 Å². The largest absolute Gasteiger partial charge is 0.364 e. The number of benzene rings is 1. The minimum absolute atomic E-state index is 0.0396. The molecule has 1 aliphatic rings. The Balaban J connectivity index is 2.23. The van der Waals surface area contributed by atoms with Gasteiger partial charge in [0.2, 0.25) is 0 Å².